The van der Waals surface area contributed by atoms with E-state index in [0.29, 0.717) is 116 Å². The van der Waals surface area contributed by atoms with Crippen LogP contribution >= 0.6 is 12.2 Å². The highest BCUT2D eigenvalue weighted by Crippen LogP contribution is 2.57. The third kappa shape index (κ3) is 28.0. The van der Waals surface area contributed by atoms with Crippen LogP contribution in [-0.2, 0) is 111 Å². The number of nitrogens with one attached hydrogen (secondary N) is 11. The summed E-state index contributed by atoms with van der Waals surface area (Å²) in [5.74, 6) is -7.78. The van der Waals surface area contributed by atoms with E-state index in [9.17, 15) is 62.9 Å². The van der Waals surface area contributed by atoms with Crippen LogP contribution < -0.4 is 52.0 Å². The molecule has 0 aliphatic carbocycles. The maximum absolute atomic E-state index is 14.9. The number of fused-ring (bicyclic) bond motifs is 8. The first-order valence-corrected chi connectivity index (χ1v) is 41.2. The molecule has 2 aliphatic rings. The van der Waals surface area contributed by atoms with Crippen molar-refractivity contribution in [3.63, 3.8) is 0 Å². The fraction of sp³-hybridized carbons (Fsp3) is 0.391. The zero-order valence-corrected chi connectivity index (χ0v) is 69.8. The highest BCUT2D eigenvalue weighted by molar-refractivity contribution is 7.80. The Balaban J connectivity index is 0.472. The van der Waals surface area contributed by atoms with Crippen LogP contribution in [0.2, 0.25) is 0 Å². The predicted molar refractivity (Wildman–Crippen MR) is 454 cm³/mol. The first-order chi connectivity index (χ1) is 61.2. The summed E-state index contributed by atoms with van der Waals surface area (Å²) in [7, 11) is 0. The number of para-hydroxylation sites is 2. The lowest BCUT2D eigenvalue weighted by atomic mass is 9.77. The number of imidazole rings is 1. The van der Waals surface area contributed by atoms with Crippen molar-refractivity contribution in [1.82, 2.24) is 57.2 Å². The Morgan fingerprint density at radius 1 is 0.508 bits per heavy atom. The molecule has 3 aromatic heterocycles. The minimum atomic E-state index is -1.54. The largest absolute Gasteiger partial charge is 0.508 e. The van der Waals surface area contributed by atoms with Crippen molar-refractivity contribution >= 4 is 98.2 Å². The number of ether oxygens (including phenoxy) is 13. The average molecular weight is 1770 g/mol. The topological polar surface area (TPSA) is 491 Å². The standard InChI is InChI=1S/C87H101FN12O25S/c1-54(101)96-74(49-78(104)105)84(111)99-72(44-57-51-94-70-9-5-3-7-63(57)70)82(109)100-73(46-59-52-89-53-95-59)83(110)98-71(43-56-50-93-69-8-4-2-6-62(56)69)81(108)91-20-24-115-28-32-119-36-35-118-31-27-114-23-19-90-80(107)55-10-17-75(68(88)42-55)124-79(106)18-22-113-26-30-117-34-38-121-40-41-122-39-37-120-33-29-116-25-21-92-86(126)97-58-11-14-65-64(45-58)85(112)125-87(65)66-15-12-60(102)47-76(66)123-77-48-61(103)13-16-67(77)87/h2-17,42,45,47-48,50-53,71-74,93-94,102-103H,18-41,43-44,46,49H2,1H3,(H,89,95)(H,90,107)(H,91,108)(H,96,101)(H,98,110)(H,99,111)(H,100,109)(H,104,105)(H2,92,97,126)/t71-,72-,73-,74-/m0/s1. The first-order valence-electron chi connectivity index (χ1n) is 40.8. The number of aromatic hydroxyl groups is 2. The monoisotopic (exact) mass is 1760 g/mol. The summed E-state index contributed by atoms with van der Waals surface area (Å²) in [5.41, 5.74) is 4.35. The van der Waals surface area contributed by atoms with Gasteiger partial charge in [0.2, 0.25) is 29.5 Å². The van der Waals surface area contributed by atoms with Gasteiger partial charge in [-0.15, -0.1) is 0 Å². The number of benzene rings is 6. The zero-order chi connectivity index (χ0) is 89.0. The number of carbonyl (C=O) groups excluding carboxylic acids is 8. The third-order valence-corrected chi connectivity index (χ3v) is 19.9. The molecule has 0 saturated heterocycles. The molecule has 6 aromatic carbocycles. The molecule has 5 heterocycles. The zero-order valence-electron chi connectivity index (χ0n) is 69.0. The van der Waals surface area contributed by atoms with Gasteiger partial charge >= 0.3 is 17.9 Å². The highest BCUT2D eigenvalue weighted by atomic mass is 32.1. The predicted octanol–water partition coefficient (Wildman–Crippen LogP) is 4.95. The second-order valence-electron chi connectivity index (χ2n) is 28.6. The molecule has 37 nitrogen and oxygen atoms in total. The Morgan fingerprint density at radius 3 is 1.48 bits per heavy atom. The van der Waals surface area contributed by atoms with Gasteiger partial charge in [-0.3, -0.25) is 38.4 Å². The lowest BCUT2D eigenvalue weighted by Crippen LogP contribution is -2.59. The molecule has 4 atom stereocenters. The summed E-state index contributed by atoms with van der Waals surface area (Å²) >= 11 is 5.49. The summed E-state index contributed by atoms with van der Waals surface area (Å²) in [6, 6.07) is 27.0. The Kier molecular flexibility index (Phi) is 36.4. The van der Waals surface area contributed by atoms with E-state index in [1.54, 1.807) is 48.8 Å². The smallest absolute Gasteiger partial charge is 0.340 e. The molecule has 9 aromatic rings. The van der Waals surface area contributed by atoms with Crippen LogP contribution in [0.15, 0.2) is 146 Å². The van der Waals surface area contributed by atoms with Crippen molar-refractivity contribution in [2.45, 2.75) is 68.8 Å². The van der Waals surface area contributed by atoms with Crippen LogP contribution in [0.1, 0.15) is 74.0 Å². The van der Waals surface area contributed by atoms with Crippen LogP contribution in [0.3, 0.4) is 0 Å². The van der Waals surface area contributed by atoms with E-state index in [1.807, 2.05) is 42.5 Å². The molecular formula is C87H101FN12O25S. The molecule has 2 aliphatic heterocycles. The number of phenols is 2. The molecule has 0 radical (unpaired) electrons. The number of aromatic amines is 3. The van der Waals surface area contributed by atoms with Crippen molar-refractivity contribution in [2.75, 3.05) is 157 Å². The molecule has 6 amide bonds. The number of aliphatic carboxylic acids is 1. The molecule has 672 valence electrons. The summed E-state index contributed by atoms with van der Waals surface area (Å²) in [6.07, 6.45) is 5.13. The Labute approximate surface area is 727 Å². The van der Waals surface area contributed by atoms with Gasteiger partial charge in [-0.1, -0.05) is 42.5 Å². The molecular weight excluding hydrogens is 1660 g/mol. The number of hydrogen-bond acceptors (Lipinski definition) is 26. The number of hydrogen-bond donors (Lipinski definition) is 14. The maximum atomic E-state index is 14.9. The molecule has 0 unspecified atom stereocenters. The number of carbonyl (C=O) groups is 9. The van der Waals surface area contributed by atoms with Gasteiger partial charge in [-0.25, -0.2) is 14.2 Å². The van der Waals surface area contributed by atoms with Crippen LogP contribution in [0.5, 0.6) is 28.7 Å². The van der Waals surface area contributed by atoms with Crippen LogP contribution in [0, 0.1) is 5.82 Å². The Hall–Kier alpha value is -12.5. The van der Waals surface area contributed by atoms with Crippen molar-refractivity contribution in [2.24, 2.45) is 0 Å². The van der Waals surface area contributed by atoms with E-state index < -0.39 is 95.4 Å². The summed E-state index contributed by atoms with van der Waals surface area (Å²) in [6.45, 7) is 6.75. The van der Waals surface area contributed by atoms with Crippen molar-refractivity contribution in [3.8, 4) is 28.7 Å². The summed E-state index contributed by atoms with van der Waals surface area (Å²) < 4.78 is 87.9. The van der Waals surface area contributed by atoms with E-state index in [4.69, 9.17) is 73.8 Å². The number of carboxylic acids is 1. The third-order valence-electron chi connectivity index (χ3n) is 19.6. The molecule has 39 heteroatoms. The second kappa shape index (κ2) is 48.7. The molecule has 11 rings (SSSR count). The summed E-state index contributed by atoms with van der Waals surface area (Å²) in [4.78, 5) is 133. The fourth-order valence-electron chi connectivity index (χ4n) is 13.6. The number of carboxylic acid groups (broad SMARTS) is 1. The van der Waals surface area contributed by atoms with Gasteiger partial charge in [0.05, 0.1) is 163 Å². The van der Waals surface area contributed by atoms with E-state index in [-0.39, 0.29) is 146 Å². The number of aromatic nitrogens is 4. The molecule has 0 saturated carbocycles. The van der Waals surface area contributed by atoms with Gasteiger partial charge in [0, 0.05) is 126 Å². The lowest BCUT2D eigenvalue weighted by Gasteiger charge is -2.36. The number of anilines is 1. The van der Waals surface area contributed by atoms with Gasteiger partial charge in [-0.2, -0.15) is 0 Å². The molecule has 0 bridgehead atoms. The second-order valence-corrected chi connectivity index (χ2v) is 29.0. The van der Waals surface area contributed by atoms with Gasteiger partial charge in [0.15, 0.2) is 22.3 Å². The quantitative estimate of drug-likeness (QED) is 0.0104. The van der Waals surface area contributed by atoms with Crippen molar-refractivity contribution < 1.29 is 124 Å². The van der Waals surface area contributed by atoms with E-state index in [1.165, 1.54) is 48.9 Å². The van der Waals surface area contributed by atoms with Gasteiger partial charge in [0.25, 0.3) is 5.91 Å². The number of thiocarbonyl (C=S) groups is 1. The normalized spacial score (nSPS) is 13.2. The number of phenolic OH excluding ortho intramolecular Hbond substituents is 2. The Bertz CT molecular complexity index is 5100. The van der Waals surface area contributed by atoms with E-state index in [0.717, 1.165) is 34.8 Å². The molecule has 126 heavy (non-hydrogen) atoms. The first kappa shape index (κ1) is 94.1. The number of amides is 6. The number of esters is 2. The number of nitrogens with zero attached hydrogens (tertiary/aromatic N) is 1. The SMILES string of the molecule is CC(=O)N[C@@H](CC(=O)O)C(=O)N[C@@H](Cc1c[nH]c2ccccc12)C(=O)N[C@@H](Cc1c[nH]cn1)C(=O)N[C@@H](Cc1c[nH]c2ccccc12)C(=O)NCCOCCOCCOCCOCCNC(=O)c1ccc(OC(=O)CCOCCOCCOCCOCCOCCOCCNC(=S)Nc2ccc3c(c2)C(=O)OC32c3ccc(O)cc3Oc3cc(O)ccc32)c(F)c1. The van der Waals surface area contributed by atoms with Gasteiger partial charge in [0.1, 0.15) is 47.2 Å². The van der Waals surface area contributed by atoms with Crippen molar-refractivity contribution in [1.29, 1.82) is 0 Å². The highest BCUT2D eigenvalue weighted by Gasteiger charge is 2.54. The minimum absolute atomic E-state index is 0.00248. The number of rotatable bonds is 55. The van der Waals surface area contributed by atoms with Gasteiger partial charge in [-0.05, 0) is 90.1 Å². The number of H-pyrrole nitrogens is 3. The fourth-order valence-corrected chi connectivity index (χ4v) is 13.9. The summed E-state index contributed by atoms with van der Waals surface area (Å²) in [5, 5.41) is 54.0. The molecule has 1 spiro atoms. The number of halogens is 1. The van der Waals surface area contributed by atoms with Crippen LogP contribution in [0.25, 0.3) is 21.8 Å². The van der Waals surface area contributed by atoms with Crippen LogP contribution in [-0.4, -0.2) is 270 Å². The Morgan fingerprint density at radius 2 is 0.976 bits per heavy atom. The molecule has 0 fully saturated rings. The van der Waals surface area contributed by atoms with Gasteiger partial charge < -0.3 is 134 Å². The van der Waals surface area contributed by atoms with E-state index >= 15 is 0 Å². The lowest BCUT2D eigenvalue weighted by molar-refractivity contribution is -0.141. The molecule has 14 N–H and O–H groups in total. The minimum Gasteiger partial charge on any atom is -0.508 e. The maximum Gasteiger partial charge on any atom is 0.340 e. The average Bonchev–Trinajstić information content (AvgIpc) is 1.51. The van der Waals surface area contributed by atoms with Crippen molar-refractivity contribution in [3.05, 3.63) is 197 Å². The van der Waals surface area contributed by atoms with Crippen LogP contribution in [0.4, 0.5) is 10.1 Å². The van der Waals surface area contributed by atoms with E-state index in [2.05, 4.69) is 62.5 Å².